The first-order valence-corrected chi connectivity index (χ1v) is 15.2. The number of hydrogen-bond acceptors (Lipinski definition) is 6. The molecular formula is C31H37FN4O4S. The Balaban J connectivity index is 1.49. The number of halogens is 1. The molecular weight excluding hydrogens is 543 g/mol. The number of aromatic nitrogens is 2. The molecule has 0 saturated heterocycles. The smallest absolute Gasteiger partial charge is 0.407 e. The second-order valence-corrected chi connectivity index (χ2v) is 12.8. The van der Waals surface area contributed by atoms with Crippen LogP contribution in [-0.2, 0) is 27.8 Å². The van der Waals surface area contributed by atoms with Crippen LogP contribution in [0.1, 0.15) is 51.2 Å². The van der Waals surface area contributed by atoms with Crippen molar-refractivity contribution in [2.75, 3.05) is 13.1 Å². The topological polar surface area (TPSA) is 93.5 Å². The number of amides is 1. The molecule has 41 heavy (non-hydrogen) atoms. The Hall–Kier alpha value is -3.76. The Morgan fingerprint density at radius 3 is 2.41 bits per heavy atom. The summed E-state index contributed by atoms with van der Waals surface area (Å²) in [5.74, 6) is -0.535. The molecule has 10 heteroatoms. The third-order valence-corrected chi connectivity index (χ3v) is 8.16. The number of rotatable bonds is 12. The van der Waals surface area contributed by atoms with Gasteiger partial charge in [0, 0.05) is 37.4 Å². The summed E-state index contributed by atoms with van der Waals surface area (Å²) in [6, 6.07) is 18.9. The van der Waals surface area contributed by atoms with Gasteiger partial charge in [0.15, 0.2) is 0 Å². The van der Waals surface area contributed by atoms with Gasteiger partial charge < -0.3 is 10.1 Å². The van der Waals surface area contributed by atoms with E-state index in [4.69, 9.17) is 4.74 Å². The van der Waals surface area contributed by atoms with Crippen molar-refractivity contribution in [1.29, 1.82) is 0 Å². The zero-order valence-electron chi connectivity index (χ0n) is 23.7. The quantitative estimate of drug-likeness (QED) is 0.161. The van der Waals surface area contributed by atoms with Crippen LogP contribution in [0, 0.1) is 5.95 Å². The monoisotopic (exact) mass is 580 g/mol. The van der Waals surface area contributed by atoms with Gasteiger partial charge in [0.25, 0.3) is 10.0 Å². The van der Waals surface area contributed by atoms with Gasteiger partial charge in [-0.15, -0.1) is 0 Å². The Kier molecular flexibility index (Phi) is 9.77. The van der Waals surface area contributed by atoms with Crippen LogP contribution in [0.3, 0.4) is 0 Å². The van der Waals surface area contributed by atoms with Crippen LogP contribution in [-0.4, -0.2) is 47.1 Å². The molecule has 0 fully saturated rings. The number of ether oxygens (including phenoxy) is 1. The lowest BCUT2D eigenvalue weighted by Crippen LogP contribution is -2.33. The van der Waals surface area contributed by atoms with E-state index in [9.17, 15) is 17.6 Å². The summed E-state index contributed by atoms with van der Waals surface area (Å²) in [5.41, 5.74) is 1.81. The maximum Gasteiger partial charge on any atom is 0.407 e. The minimum Gasteiger partial charge on any atom is -0.444 e. The minimum absolute atomic E-state index is 0.224. The molecule has 1 amide bonds. The van der Waals surface area contributed by atoms with E-state index < -0.39 is 27.7 Å². The third kappa shape index (κ3) is 8.37. The van der Waals surface area contributed by atoms with Crippen LogP contribution in [0.5, 0.6) is 0 Å². The summed E-state index contributed by atoms with van der Waals surface area (Å²) in [5, 5.41) is 3.64. The fraction of sp³-hybridized carbons (Fsp3) is 0.355. The summed E-state index contributed by atoms with van der Waals surface area (Å²) in [7, 11) is -3.79. The molecule has 8 nitrogen and oxygen atoms in total. The second kappa shape index (κ2) is 13.3. The molecule has 0 spiro atoms. The average molecular weight is 581 g/mol. The van der Waals surface area contributed by atoms with Crippen molar-refractivity contribution >= 4 is 27.0 Å². The van der Waals surface area contributed by atoms with Crippen LogP contribution >= 0.6 is 0 Å². The van der Waals surface area contributed by atoms with Crippen LogP contribution in [0.25, 0.3) is 10.9 Å². The standard InChI is InChI=1S/C31H37FN4O4S/c1-31(2,3)40-30(37)33-18-10-5-11-19-35(21-24-16-17-29(32)34-20-24)22-25-23-36(28-15-9-8-14-27(25)28)41(38,39)26-12-6-4-7-13-26/h4,6-9,12-17,20,23H,5,10-11,18-19,21-22H2,1-3H3,(H,33,37). The highest BCUT2D eigenvalue weighted by Crippen LogP contribution is 2.27. The number of carbonyl (C=O) groups excluding carboxylic acids is 1. The van der Waals surface area contributed by atoms with Crippen molar-refractivity contribution in [3.05, 3.63) is 96.2 Å². The number of para-hydroxylation sites is 1. The summed E-state index contributed by atoms with van der Waals surface area (Å²) < 4.78 is 47.1. The average Bonchev–Trinajstić information content (AvgIpc) is 3.30. The Labute approximate surface area is 241 Å². The molecule has 0 saturated carbocycles. The van der Waals surface area contributed by atoms with Gasteiger partial charge in [-0.25, -0.2) is 22.2 Å². The SMILES string of the molecule is CC(C)(C)OC(=O)NCCCCCN(Cc1ccc(F)nc1)Cc1cn(S(=O)(=O)c2ccccc2)c2ccccc12. The minimum atomic E-state index is -3.79. The number of carbonyl (C=O) groups is 1. The van der Waals surface area contributed by atoms with E-state index in [2.05, 4.69) is 15.2 Å². The third-order valence-electron chi connectivity index (χ3n) is 6.47. The number of hydrogen-bond donors (Lipinski definition) is 1. The lowest BCUT2D eigenvalue weighted by atomic mass is 10.1. The highest BCUT2D eigenvalue weighted by molar-refractivity contribution is 7.90. The lowest BCUT2D eigenvalue weighted by Gasteiger charge is -2.22. The number of benzene rings is 2. The lowest BCUT2D eigenvalue weighted by molar-refractivity contribution is 0.0526. The number of pyridine rings is 1. The second-order valence-electron chi connectivity index (χ2n) is 11.0. The molecule has 0 aliphatic rings. The van der Waals surface area contributed by atoms with Gasteiger partial charge in [-0.1, -0.05) is 48.9 Å². The van der Waals surface area contributed by atoms with Gasteiger partial charge in [-0.2, -0.15) is 4.39 Å². The Morgan fingerprint density at radius 1 is 0.976 bits per heavy atom. The number of unbranched alkanes of at least 4 members (excludes halogenated alkanes) is 2. The zero-order chi connectivity index (χ0) is 29.5. The van der Waals surface area contributed by atoms with E-state index in [1.165, 1.54) is 16.2 Å². The van der Waals surface area contributed by atoms with Gasteiger partial charge in [0.05, 0.1) is 10.4 Å². The summed E-state index contributed by atoms with van der Waals surface area (Å²) in [4.78, 5) is 18.1. The molecule has 1 N–H and O–H groups in total. The molecule has 0 atom stereocenters. The molecule has 0 bridgehead atoms. The summed E-state index contributed by atoms with van der Waals surface area (Å²) in [6.45, 7) is 7.72. The number of nitrogens with one attached hydrogen (secondary N) is 1. The molecule has 4 rings (SSSR count). The van der Waals surface area contributed by atoms with Crippen molar-refractivity contribution < 1.29 is 22.3 Å². The zero-order valence-corrected chi connectivity index (χ0v) is 24.5. The van der Waals surface area contributed by atoms with Gasteiger partial charge in [0.1, 0.15) is 5.60 Å². The molecule has 218 valence electrons. The first kappa shape index (κ1) is 30.2. The highest BCUT2D eigenvalue weighted by atomic mass is 32.2. The largest absolute Gasteiger partial charge is 0.444 e. The number of nitrogens with zero attached hydrogens (tertiary/aromatic N) is 3. The normalized spacial score (nSPS) is 12.1. The Bertz CT molecular complexity index is 1550. The number of alkyl carbamates (subject to hydrolysis) is 1. The maximum absolute atomic E-state index is 13.5. The molecule has 2 heterocycles. The first-order valence-electron chi connectivity index (χ1n) is 13.7. The van der Waals surface area contributed by atoms with Gasteiger partial charge in [0.2, 0.25) is 5.95 Å². The van der Waals surface area contributed by atoms with Gasteiger partial charge in [-0.05, 0) is 75.5 Å². The Morgan fingerprint density at radius 2 is 1.71 bits per heavy atom. The van der Waals surface area contributed by atoms with Crippen molar-refractivity contribution in [2.24, 2.45) is 0 Å². The molecule has 0 radical (unpaired) electrons. The van der Waals surface area contributed by atoms with E-state index in [0.29, 0.717) is 25.2 Å². The van der Waals surface area contributed by atoms with E-state index in [1.54, 1.807) is 42.6 Å². The summed E-state index contributed by atoms with van der Waals surface area (Å²) in [6.07, 6.45) is 5.32. The predicted octanol–water partition coefficient (Wildman–Crippen LogP) is 6.11. The van der Waals surface area contributed by atoms with Crippen LogP contribution in [0.4, 0.5) is 9.18 Å². The van der Waals surface area contributed by atoms with Gasteiger partial charge in [-0.3, -0.25) is 4.90 Å². The van der Waals surface area contributed by atoms with Crippen LogP contribution in [0.15, 0.2) is 84.0 Å². The summed E-state index contributed by atoms with van der Waals surface area (Å²) >= 11 is 0. The van der Waals surface area contributed by atoms with E-state index in [-0.39, 0.29) is 4.90 Å². The molecule has 0 aliphatic carbocycles. The molecule has 2 aromatic heterocycles. The molecule has 4 aromatic rings. The van der Waals surface area contributed by atoms with Crippen molar-refractivity contribution in [3.8, 4) is 0 Å². The molecule has 0 unspecified atom stereocenters. The van der Waals surface area contributed by atoms with Crippen molar-refractivity contribution in [1.82, 2.24) is 19.2 Å². The fourth-order valence-electron chi connectivity index (χ4n) is 4.60. The van der Waals surface area contributed by atoms with Crippen molar-refractivity contribution in [2.45, 2.75) is 63.6 Å². The fourth-order valence-corrected chi connectivity index (χ4v) is 6.02. The molecule has 2 aromatic carbocycles. The van der Waals surface area contributed by atoms with E-state index in [0.717, 1.165) is 42.3 Å². The highest BCUT2D eigenvalue weighted by Gasteiger charge is 2.22. The maximum atomic E-state index is 13.5. The van der Waals surface area contributed by atoms with Crippen LogP contribution in [0.2, 0.25) is 0 Å². The van der Waals surface area contributed by atoms with E-state index in [1.807, 2.05) is 45.0 Å². The first-order chi connectivity index (χ1) is 19.5. The predicted molar refractivity (Wildman–Crippen MR) is 157 cm³/mol. The molecule has 0 aliphatic heterocycles. The van der Waals surface area contributed by atoms with Crippen molar-refractivity contribution in [3.63, 3.8) is 0 Å². The van der Waals surface area contributed by atoms with E-state index >= 15 is 0 Å². The van der Waals surface area contributed by atoms with Crippen LogP contribution < -0.4 is 5.32 Å². The number of fused-ring (bicyclic) bond motifs is 1. The van der Waals surface area contributed by atoms with Gasteiger partial charge >= 0.3 is 6.09 Å².